The number of hydrogen-bond donors (Lipinski definition) is 0. The minimum absolute atomic E-state index is 0.00833. The van der Waals surface area contributed by atoms with Gasteiger partial charge in [-0.1, -0.05) is 12.1 Å². The van der Waals surface area contributed by atoms with E-state index in [4.69, 9.17) is 4.74 Å². The predicted molar refractivity (Wildman–Crippen MR) is 91.1 cm³/mol. The Bertz CT molecular complexity index is 688. The van der Waals surface area contributed by atoms with E-state index in [-0.39, 0.29) is 18.1 Å². The summed E-state index contributed by atoms with van der Waals surface area (Å²) in [6.07, 6.45) is 2.93. The number of hydrogen-bond acceptors (Lipinski definition) is 5. The van der Waals surface area contributed by atoms with Gasteiger partial charge in [-0.2, -0.15) is 5.10 Å². The van der Waals surface area contributed by atoms with Crippen LogP contribution in [0.5, 0.6) is 5.75 Å². The van der Waals surface area contributed by atoms with Crippen molar-refractivity contribution in [3.63, 3.8) is 0 Å². The van der Waals surface area contributed by atoms with E-state index in [0.29, 0.717) is 6.54 Å². The first-order valence-corrected chi connectivity index (χ1v) is 8.20. The van der Waals surface area contributed by atoms with Crippen LogP contribution in [0.2, 0.25) is 0 Å². The summed E-state index contributed by atoms with van der Waals surface area (Å²) >= 11 is 0. The molecule has 1 aromatic carbocycles. The van der Waals surface area contributed by atoms with Gasteiger partial charge >= 0.3 is 0 Å². The topological polar surface area (TPSA) is 63.5 Å². The third-order valence-corrected chi connectivity index (χ3v) is 4.35. The minimum atomic E-state index is -0.379. The number of rotatable bonds is 5. The van der Waals surface area contributed by atoms with E-state index in [1.54, 1.807) is 23.0 Å². The fraction of sp³-hybridized carbons (Fsp3) is 0.471. The number of fused-ring (bicyclic) bond motifs is 1. The van der Waals surface area contributed by atoms with Gasteiger partial charge in [0.25, 0.3) is 0 Å². The molecule has 2 atom stereocenters. The van der Waals surface area contributed by atoms with Gasteiger partial charge in [0, 0.05) is 13.6 Å². The van der Waals surface area contributed by atoms with E-state index in [1.807, 2.05) is 25.1 Å². The zero-order chi connectivity index (χ0) is 17.1. The van der Waals surface area contributed by atoms with E-state index in [0.717, 1.165) is 24.5 Å². The molecule has 0 bridgehead atoms. The van der Waals surface area contributed by atoms with Crippen LogP contribution in [0.3, 0.4) is 0 Å². The molecule has 1 amide bonds. The van der Waals surface area contributed by atoms with Crippen molar-refractivity contribution < 1.29 is 9.53 Å². The van der Waals surface area contributed by atoms with Crippen LogP contribution in [-0.4, -0.2) is 58.4 Å². The van der Waals surface area contributed by atoms with Crippen molar-refractivity contribution in [3.05, 3.63) is 36.9 Å². The van der Waals surface area contributed by atoms with Crippen LogP contribution < -0.4 is 9.64 Å². The Kier molecular flexibility index (Phi) is 4.69. The Morgan fingerprint density at radius 3 is 2.96 bits per heavy atom. The van der Waals surface area contributed by atoms with Crippen LogP contribution in [0.15, 0.2) is 36.9 Å². The fourth-order valence-corrected chi connectivity index (χ4v) is 3.02. The maximum absolute atomic E-state index is 12.6. The highest BCUT2D eigenvalue weighted by atomic mass is 16.5. The molecule has 0 fully saturated rings. The largest absolute Gasteiger partial charge is 0.485 e. The molecule has 0 radical (unpaired) electrons. The summed E-state index contributed by atoms with van der Waals surface area (Å²) in [5.74, 6) is 0.867. The molecule has 2 aromatic rings. The second-order valence-electron chi connectivity index (χ2n) is 6.02. The van der Waals surface area contributed by atoms with Gasteiger partial charge in [-0.15, -0.1) is 0 Å². The highest BCUT2D eigenvalue weighted by molar-refractivity contribution is 5.79. The summed E-state index contributed by atoms with van der Waals surface area (Å²) in [6.45, 7) is 6.15. The van der Waals surface area contributed by atoms with Gasteiger partial charge in [0.1, 0.15) is 30.5 Å². The van der Waals surface area contributed by atoms with Crippen LogP contribution in [0, 0.1) is 0 Å². The predicted octanol–water partition coefficient (Wildman–Crippen LogP) is 1.59. The van der Waals surface area contributed by atoms with Crippen molar-refractivity contribution in [2.75, 3.05) is 31.6 Å². The maximum Gasteiger partial charge on any atom is 0.247 e. The van der Waals surface area contributed by atoms with E-state index in [1.165, 1.54) is 6.33 Å². The number of amides is 1. The zero-order valence-electron chi connectivity index (χ0n) is 14.3. The molecule has 7 heteroatoms. The highest BCUT2D eigenvalue weighted by Gasteiger charge is 2.28. The molecule has 0 N–H and O–H groups in total. The van der Waals surface area contributed by atoms with Gasteiger partial charge < -0.3 is 14.5 Å². The number of para-hydroxylation sites is 2. The number of aromatic nitrogens is 3. The number of carbonyl (C=O) groups is 1. The first-order chi connectivity index (χ1) is 11.6. The summed E-state index contributed by atoms with van der Waals surface area (Å²) in [4.78, 5) is 20.5. The number of benzene rings is 1. The molecule has 7 nitrogen and oxygen atoms in total. The average molecular weight is 329 g/mol. The van der Waals surface area contributed by atoms with E-state index in [9.17, 15) is 4.79 Å². The van der Waals surface area contributed by atoms with E-state index >= 15 is 0 Å². The van der Waals surface area contributed by atoms with E-state index < -0.39 is 0 Å². The monoisotopic (exact) mass is 329 g/mol. The van der Waals surface area contributed by atoms with Crippen molar-refractivity contribution in [2.45, 2.75) is 26.0 Å². The molecule has 0 saturated heterocycles. The molecule has 0 saturated carbocycles. The van der Waals surface area contributed by atoms with Crippen LogP contribution in [0.25, 0.3) is 0 Å². The summed E-state index contributed by atoms with van der Waals surface area (Å²) in [5, 5.41) is 4.04. The first-order valence-electron chi connectivity index (χ1n) is 8.20. The lowest BCUT2D eigenvalue weighted by Crippen LogP contribution is -2.47. The Morgan fingerprint density at radius 2 is 2.25 bits per heavy atom. The summed E-state index contributed by atoms with van der Waals surface area (Å²) in [5.41, 5.74) is 1.11. The highest BCUT2D eigenvalue weighted by Crippen LogP contribution is 2.32. The van der Waals surface area contributed by atoms with Crippen molar-refractivity contribution in [3.8, 4) is 5.75 Å². The number of carbonyl (C=O) groups excluding carboxylic acids is 1. The molecule has 0 spiro atoms. The quantitative estimate of drug-likeness (QED) is 0.833. The van der Waals surface area contributed by atoms with Crippen LogP contribution in [-0.2, 0) is 4.79 Å². The Morgan fingerprint density at radius 1 is 1.46 bits per heavy atom. The number of nitrogens with zero attached hydrogens (tertiary/aromatic N) is 5. The van der Waals surface area contributed by atoms with Crippen LogP contribution in [0.4, 0.5) is 5.69 Å². The lowest BCUT2D eigenvalue weighted by Gasteiger charge is -2.37. The molecule has 1 aliphatic rings. The maximum atomic E-state index is 12.6. The van der Waals surface area contributed by atoms with Gasteiger partial charge in [-0.25, -0.2) is 9.67 Å². The first kappa shape index (κ1) is 16.3. The molecule has 128 valence electrons. The van der Waals surface area contributed by atoms with Gasteiger partial charge in [0.15, 0.2) is 0 Å². The molecule has 3 rings (SSSR count). The second-order valence-corrected chi connectivity index (χ2v) is 6.02. The summed E-state index contributed by atoms with van der Waals surface area (Å²) < 4.78 is 7.65. The van der Waals surface area contributed by atoms with Gasteiger partial charge in [0.2, 0.25) is 5.91 Å². The molecule has 2 heterocycles. The molecular formula is C17H23N5O2. The molecule has 1 aromatic heterocycles. The Hall–Kier alpha value is -2.57. The zero-order valence-corrected chi connectivity index (χ0v) is 14.3. The standard InChI is InChI=1S/C17H23N5O2/c1-4-21-10-14(24-16-8-6-5-7-15(16)21)9-20(3)17(23)13(2)22-12-18-11-19-22/h5-8,11-14H,4,9-10H2,1-3H3/t13-,14-/m1/s1. The summed E-state index contributed by atoms with van der Waals surface area (Å²) in [7, 11) is 1.80. The van der Waals surface area contributed by atoms with E-state index in [2.05, 4.69) is 28.0 Å². The Balaban J connectivity index is 1.67. The van der Waals surface area contributed by atoms with Gasteiger partial charge in [0.05, 0.1) is 18.8 Å². The van der Waals surface area contributed by atoms with Crippen molar-refractivity contribution in [1.82, 2.24) is 19.7 Å². The molecule has 0 aliphatic carbocycles. The van der Waals surface area contributed by atoms with Crippen LogP contribution in [0.1, 0.15) is 19.9 Å². The number of anilines is 1. The van der Waals surface area contributed by atoms with Gasteiger partial charge in [-0.05, 0) is 26.0 Å². The SMILES string of the molecule is CCN1C[C@@H](CN(C)C(=O)[C@@H](C)n2cncn2)Oc2ccccc21. The molecule has 1 aliphatic heterocycles. The van der Waals surface area contributed by atoms with Crippen molar-refractivity contribution >= 4 is 11.6 Å². The van der Waals surface area contributed by atoms with Crippen molar-refractivity contribution in [2.24, 2.45) is 0 Å². The smallest absolute Gasteiger partial charge is 0.247 e. The summed E-state index contributed by atoms with van der Waals surface area (Å²) in [6, 6.07) is 7.65. The Labute approximate surface area is 141 Å². The third-order valence-electron chi connectivity index (χ3n) is 4.35. The fourth-order valence-electron chi connectivity index (χ4n) is 3.02. The molecular weight excluding hydrogens is 306 g/mol. The van der Waals surface area contributed by atoms with Gasteiger partial charge in [-0.3, -0.25) is 4.79 Å². The minimum Gasteiger partial charge on any atom is -0.485 e. The number of ether oxygens (including phenoxy) is 1. The number of likely N-dealkylation sites (N-methyl/N-ethyl adjacent to an activating group) is 2. The normalized spacial score (nSPS) is 17.8. The molecule has 24 heavy (non-hydrogen) atoms. The average Bonchev–Trinajstić information content (AvgIpc) is 3.14. The lowest BCUT2D eigenvalue weighted by atomic mass is 10.1. The second kappa shape index (κ2) is 6.90. The van der Waals surface area contributed by atoms with Crippen molar-refractivity contribution in [1.29, 1.82) is 0 Å². The van der Waals surface area contributed by atoms with Crippen LogP contribution >= 0.6 is 0 Å². The lowest BCUT2D eigenvalue weighted by molar-refractivity contribution is -0.134. The molecule has 0 unspecified atom stereocenters. The third kappa shape index (κ3) is 3.20.